The number of Topliss-reactive ketones (excluding diaryl/α,β-unsaturated/α-hetero) is 1. The number of rotatable bonds is 2. The maximum Gasteiger partial charge on any atom is 0.143 e. The van der Waals surface area contributed by atoms with Crippen LogP contribution >= 0.6 is 0 Å². The van der Waals surface area contributed by atoms with Crippen LogP contribution in [0.1, 0.15) is 12.8 Å². The van der Waals surface area contributed by atoms with Crippen LogP contribution in [0.4, 0.5) is 0 Å². The summed E-state index contributed by atoms with van der Waals surface area (Å²) >= 11 is 0. The standard InChI is InChI=1S/C9H14O3/c10-9(7-1-3-11-5-7)8-2-4-12-6-8/h7-8H,1-6H2. The van der Waals surface area contributed by atoms with Gasteiger partial charge in [-0.15, -0.1) is 0 Å². The van der Waals surface area contributed by atoms with Crippen LogP contribution in [-0.2, 0) is 14.3 Å². The minimum absolute atomic E-state index is 0.164. The summed E-state index contributed by atoms with van der Waals surface area (Å²) in [5.74, 6) is 0.693. The molecule has 0 amide bonds. The van der Waals surface area contributed by atoms with E-state index in [2.05, 4.69) is 0 Å². The summed E-state index contributed by atoms with van der Waals surface area (Å²) in [5, 5.41) is 0. The minimum atomic E-state index is 0.164. The SMILES string of the molecule is O=C(C1CCOC1)C1CCOC1. The molecule has 2 fully saturated rings. The Morgan fingerprint density at radius 2 is 1.50 bits per heavy atom. The molecule has 0 radical (unpaired) electrons. The van der Waals surface area contributed by atoms with E-state index in [-0.39, 0.29) is 11.8 Å². The van der Waals surface area contributed by atoms with Gasteiger partial charge in [0, 0.05) is 25.0 Å². The summed E-state index contributed by atoms with van der Waals surface area (Å²) in [6.07, 6.45) is 1.82. The molecule has 3 nitrogen and oxygen atoms in total. The van der Waals surface area contributed by atoms with Gasteiger partial charge in [0.05, 0.1) is 13.2 Å². The maximum absolute atomic E-state index is 11.7. The molecular formula is C9H14O3. The second kappa shape index (κ2) is 3.54. The molecule has 0 aromatic heterocycles. The lowest BCUT2D eigenvalue weighted by Crippen LogP contribution is -2.24. The largest absolute Gasteiger partial charge is 0.381 e. The van der Waals surface area contributed by atoms with Crippen LogP contribution < -0.4 is 0 Å². The Hall–Kier alpha value is -0.410. The second-order valence-corrected chi connectivity index (χ2v) is 3.52. The predicted molar refractivity (Wildman–Crippen MR) is 42.9 cm³/mol. The van der Waals surface area contributed by atoms with E-state index in [9.17, 15) is 4.79 Å². The highest BCUT2D eigenvalue weighted by molar-refractivity contribution is 5.84. The molecule has 12 heavy (non-hydrogen) atoms. The van der Waals surface area contributed by atoms with Gasteiger partial charge in [-0.3, -0.25) is 4.79 Å². The normalized spacial score (nSPS) is 35.7. The molecule has 2 heterocycles. The van der Waals surface area contributed by atoms with E-state index in [1.54, 1.807) is 0 Å². The topological polar surface area (TPSA) is 35.5 Å². The van der Waals surface area contributed by atoms with Crippen molar-refractivity contribution in [2.45, 2.75) is 12.8 Å². The molecular weight excluding hydrogens is 156 g/mol. The van der Waals surface area contributed by atoms with Crippen molar-refractivity contribution in [3.63, 3.8) is 0 Å². The Bertz CT molecular complexity index is 149. The van der Waals surface area contributed by atoms with Crippen LogP contribution in [0.2, 0.25) is 0 Å². The Labute approximate surface area is 72.0 Å². The van der Waals surface area contributed by atoms with Crippen LogP contribution in [0.15, 0.2) is 0 Å². The zero-order chi connectivity index (χ0) is 8.39. The molecule has 2 unspecified atom stereocenters. The maximum atomic E-state index is 11.7. The van der Waals surface area contributed by atoms with Crippen LogP contribution in [0, 0.1) is 11.8 Å². The first-order valence-electron chi connectivity index (χ1n) is 4.57. The number of ether oxygens (including phenoxy) is 2. The highest BCUT2D eigenvalue weighted by Crippen LogP contribution is 2.22. The lowest BCUT2D eigenvalue weighted by molar-refractivity contribution is -0.126. The summed E-state index contributed by atoms with van der Waals surface area (Å²) in [4.78, 5) is 11.7. The Kier molecular flexibility index (Phi) is 2.42. The number of ketones is 1. The molecule has 2 aliphatic rings. The van der Waals surface area contributed by atoms with Crippen LogP contribution in [0.3, 0.4) is 0 Å². The molecule has 0 aliphatic carbocycles. The van der Waals surface area contributed by atoms with Crippen LogP contribution in [0.5, 0.6) is 0 Å². The smallest absolute Gasteiger partial charge is 0.143 e. The van der Waals surface area contributed by atoms with Gasteiger partial charge in [0.1, 0.15) is 5.78 Å². The van der Waals surface area contributed by atoms with Crippen molar-refractivity contribution in [2.75, 3.05) is 26.4 Å². The molecule has 0 bridgehead atoms. The molecule has 2 atom stereocenters. The highest BCUT2D eigenvalue weighted by Gasteiger charge is 2.31. The van der Waals surface area contributed by atoms with E-state index in [0.29, 0.717) is 19.0 Å². The Balaban J connectivity index is 1.89. The monoisotopic (exact) mass is 170 g/mol. The van der Waals surface area contributed by atoms with E-state index >= 15 is 0 Å². The van der Waals surface area contributed by atoms with E-state index < -0.39 is 0 Å². The lowest BCUT2D eigenvalue weighted by Gasteiger charge is -2.10. The van der Waals surface area contributed by atoms with Gasteiger partial charge in [0.2, 0.25) is 0 Å². The molecule has 0 aromatic rings. The molecule has 3 heteroatoms. The third-order valence-corrected chi connectivity index (χ3v) is 2.66. The number of hydrogen-bond donors (Lipinski definition) is 0. The van der Waals surface area contributed by atoms with E-state index in [4.69, 9.17) is 9.47 Å². The van der Waals surface area contributed by atoms with Crippen molar-refractivity contribution < 1.29 is 14.3 Å². The van der Waals surface area contributed by atoms with Gasteiger partial charge in [-0.2, -0.15) is 0 Å². The van der Waals surface area contributed by atoms with Crippen molar-refractivity contribution in [3.8, 4) is 0 Å². The molecule has 0 N–H and O–H groups in total. The molecule has 68 valence electrons. The molecule has 0 aromatic carbocycles. The fraction of sp³-hybridized carbons (Fsp3) is 0.889. The average Bonchev–Trinajstić information content (AvgIpc) is 2.77. The summed E-state index contributed by atoms with van der Waals surface area (Å²) in [6, 6.07) is 0. The van der Waals surface area contributed by atoms with Crippen LogP contribution in [0.25, 0.3) is 0 Å². The van der Waals surface area contributed by atoms with Crippen molar-refractivity contribution in [2.24, 2.45) is 11.8 Å². The molecule has 2 rings (SSSR count). The van der Waals surface area contributed by atoms with Gasteiger partial charge < -0.3 is 9.47 Å². The van der Waals surface area contributed by atoms with Gasteiger partial charge >= 0.3 is 0 Å². The molecule has 0 saturated carbocycles. The van der Waals surface area contributed by atoms with E-state index in [1.807, 2.05) is 0 Å². The summed E-state index contributed by atoms with van der Waals surface area (Å²) in [7, 11) is 0. The summed E-state index contributed by atoms with van der Waals surface area (Å²) in [5.41, 5.74) is 0. The third kappa shape index (κ3) is 1.52. The van der Waals surface area contributed by atoms with E-state index in [0.717, 1.165) is 26.1 Å². The Morgan fingerprint density at radius 1 is 1.00 bits per heavy atom. The zero-order valence-electron chi connectivity index (χ0n) is 7.12. The van der Waals surface area contributed by atoms with Gasteiger partial charge in [0.15, 0.2) is 0 Å². The molecule has 2 saturated heterocycles. The molecule has 0 spiro atoms. The number of carbonyl (C=O) groups is 1. The van der Waals surface area contributed by atoms with Gasteiger partial charge in [-0.25, -0.2) is 0 Å². The first-order valence-corrected chi connectivity index (χ1v) is 4.57. The van der Waals surface area contributed by atoms with Crippen LogP contribution in [-0.4, -0.2) is 32.2 Å². The minimum Gasteiger partial charge on any atom is -0.381 e. The van der Waals surface area contributed by atoms with Gasteiger partial charge in [-0.05, 0) is 12.8 Å². The Morgan fingerprint density at radius 3 is 1.83 bits per heavy atom. The zero-order valence-corrected chi connectivity index (χ0v) is 7.12. The quantitative estimate of drug-likeness (QED) is 0.609. The predicted octanol–water partition coefficient (Wildman–Crippen LogP) is 0.629. The summed E-state index contributed by atoms with van der Waals surface area (Å²) in [6.45, 7) is 2.78. The fourth-order valence-corrected chi connectivity index (χ4v) is 1.85. The second-order valence-electron chi connectivity index (χ2n) is 3.52. The third-order valence-electron chi connectivity index (χ3n) is 2.66. The number of carbonyl (C=O) groups excluding carboxylic acids is 1. The van der Waals surface area contributed by atoms with Gasteiger partial charge in [0.25, 0.3) is 0 Å². The van der Waals surface area contributed by atoms with Crippen molar-refractivity contribution in [3.05, 3.63) is 0 Å². The lowest BCUT2D eigenvalue weighted by atomic mass is 9.92. The van der Waals surface area contributed by atoms with Crippen molar-refractivity contribution in [1.29, 1.82) is 0 Å². The van der Waals surface area contributed by atoms with Gasteiger partial charge in [-0.1, -0.05) is 0 Å². The first-order chi connectivity index (χ1) is 5.88. The van der Waals surface area contributed by atoms with E-state index in [1.165, 1.54) is 0 Å². The molecule has 2 aliphatic heterocycles. The number of hydrogen-bond acceptors (Lipinski definition) is 3. The fourth-order valence-electron chi connectivity index (χ4n) is 1.85. The van der Waals surface area contributed by atoms with Crippen molar-refractivity contribution in [1.82, 2.24) is 0 Å². The van der Waals surface area contributed by atoms with Crippen molar-refractivity contribution >= 4 is 5.78 Å². The summed E-state index contributed by atoms with van der Waals surface area (Å²) < 4.78 is 10.4. The highest BCUT2D eigenvalue weighted by atomic mass is 16.5. The average molecular weight is 170 g/mol. The first kappa shape index (κ1) is 8.20.